The van der Waals surface area contributed by atoms with E-state index in [4.69, 9.17) is 23.7 Å². The van der Waals surface area contributed by atoms with Crippen LogP contribution in [0.2, 0.25) is 0 Å². The van der Waals surface area contributed by atoms with Gasteiger partial charge in [0.05, 0.1) is 32.5 Å². The van der Waals surface area contributed by atoms with E-state index in [2.05, 4.69) is 24.5 Å². The van der Waals surface area contributed by atoms with E-state index in [0.717, 1.165) is 19.6 Å². The summed E-state index contributed by atoms with van der Waals surface area (Å²) < 4.78 is 26.2. The third-order valence-corrected chi connectivity index (χ3v) is 3.37. The van der Waals surface area contributed by atoms with Gasteiger partial charge in [0.15, 0.2) is 0 Å². The molecule has 0 saturated heterocycles. The van der Waals surface area contributed by atoms with Gasteiger partial charge in [-0.05, 0) is 33.2 Å². The van der Waals surface area contributed by atoms with Gasteiger partial charge in [-0.2, -0.15) is 0 Å². The molecule has 172 valence electrons. The summed E-state index contributed by atoms with van der Waals surface area (Å²) in [4.78, 5) is 22.8. The molecule has 0 aliphatic rings. The zero-order chi connectivity index (χ0) is 21.7. The number of hydrogen-bond donors (Lipinski definition) is 2. The molecule has 0 aromatic carbocycles. The third-order valence-electron chi connectivity index (χ3n) is 3.37. The van der Waals surface area contributed by atoms with Gasteiger partial charge in [0.2, 0.25) is 5.91 Å². The maximum atomic E-state index is 11.5. The van der Waals surface area contributed by atoms with Crippen molar-refractivity contribution < 1.29 is 33.3 Å². The van der Waals surface area contributed by atoms with Crippen molar-refractivity contribution in [2.75, 3.05) is 65.9 Å². The van der Waals surface area contributed by atoms with E-state index < -0.39 is 5.97 Å². The van der Waals surface area contributed by atoms with Crippen LogP contribution in [0.5, 0.6) is 0 Å². The average Bonchev–Trinajstić information content (AvgIpc) is 2.64. The summed E-state index contributed by atoms with van der Waals surface area (Å²) in [5.41, 5.74) is 0. The van der Waals surface area contributed by atoms with Crippen LogP contribution in [0.1, 0.15) is 40.5 Å². The van der Waals surface area contributed by atoms with Crippen LogP contribution in [0, 0.1) is 0 Å². The monoisotopic (exact) mass is 420 g/mol. The number of amides is 1. The summed E-state index contributed by atoms with van der Waals surface area (Å²) >= 11 is 0. The van der Waals surface area contributed by atoms with E-state index in [1.165, 1.54) is 0 Å². The zero-order valence-electron chi connectivity index (χ0n) is 18.5. The molecule has 0 radical (unpaired) electrons. The van der Waals surface area contributed by atoms with Gasteiger partial charge < -0.3 is 34.3 Å². The minimum Gasteiger partial charge on any atom is -0.461 e. The summed E-state index contributed by atoms with van der Waals surface area (Å²) in [6.07, 6.45) is 1.49. The summed E-state index contributed by atoms with van der Waals surface area (Å²) in [6, 6.07) is 0.510. The molecule has 0 spiro atoms. The average molecular weight is 421 g/mol. The Kier molecular flexibility index (Phi) is 19.2. The molecule has 0 atom stereocenters. The lowest BCUT2D eigenvalue weighted by atomic mass is 10.3. The predicted octanol–water partition coefficient (Wildman–Crippen LogP) is 0.899. The first-order valence-corrected chi connectivity index (χ1v) is 10.4. The molecular formula is C20H40N2O7. The second kappa shape index (κ2) is 20.0. The summed E-state index contributed by atoms with van der Waals surface area (Å²) in [5.74, 6) is -0.750. The van der Waals surface area contributed by atoms with E-state index >= 15 is 0 Å². The van der Waals surface area contributed by atoms with E-state index in [9.17, 15) is 9.59 Å². The van der Waals surface area contributed by atoms with Gasteiger partial charge in [-0.1, -0.05) is 13.8 Å². The largest absolute Gasteiger partial charge is 0.461 e. The number of ether oxygens (including phenoxy) is 5. The lowest BCUT2D eigenvalue weighted by Gasteiger charge is -2.09. The van der Waals surface area contributed by atoms with Crippen LogP contribution in [0.4, 0.5) is 0 Å². The van der Waals surface area contributed by atoms with Crippen LogP contribution in [0.3, 0.4) is 0 Å². The normalized spacial score (nSPS) is 11.2. The number of esters is 1. The van der Waals surface area contributed by atoms with Gasteiger partial charge >= 0.3 is 5.97 Å². The third kappa shape index (κ3) is 22.9. The number of carbonyl (C=O) groups is 2. The Morgan fingerprint density at radius 2 is 1.28 bits per heavy atom. The van der Waals surface area contributed by atoms with E-state index in [1.807, 2.05) is 0 Å². The Hall–Kier alpha value is -1.26. The fraction of sp³-hybridized carbons (Fsp3) is 0.900. The second-order valence-electron chi connectivity index (χ2n) is 7.03. The molecule has 0 aromatic heterocycles. The van der Waals surface area contributed by atoms with Gasteiger partial charge in [-0.25, -0.2) is 4.79 Å². The van der Waals surface area contributed by atoms with Crippen molar-refractivity contribution in [3.05, 3.63) is 0 Å². The molecule has 0 heterocycles. The summed E-state index contributed by atoms with van der Waals surface area (Å²) in [6.45, 7) is 12.2. The fourth-order valence-corrected chi connectivity index (χ4v) is 2.08. The van der Waals surface area contributed by atoms with E-state index in [1.54, 1.807) is 13.8 Å². The highest BCUT2D eigenvalue weighted by Crippen LogP contribution is 1.90. The Morgan fingerprint density at radius 1 is 0.724 bits per heavy atom. The maximum Gasteiger partial charge on any atom is 0.332 e. The fourth-order valence-electron chi connectivity index (χ4n) is 2.08. The minimum atomic E-state index is -0.478. The lowest BCUT2D eigenvalue weighted by Crippen LogP contribution is -2.30. The zero-order valence-corrected chi connectivity index (χ0v) is 18.5. The molecule has 0 aromatic rings. The lowest BCUT2D eigenvalue weighted by molar-refractivity contribution is -0.153. The molecule has 0 rings (SSSR count). The molecule has 0 unspecified atom stereocenters. The van der Waals surface area contributed by atoms with Crippen LogP contribution in [0.15, 0.2) is 0 Å². The Morgan fingerprint density at radius 3 is 1.83 bits per heavy atom. The van der Waals surface area contributed by atoms with Crippen molar-refractivity contribution in [2.24, 2.45) is 0 Å². The molecule has 0 saturated carbocycles. The molecule has 0 bridgehead atoms. The number of rotatable bonds is 20. The van der Waals surface area contributed by atoms with Crippen molar-refractivity contribution in [1.29, 1.82) is 0 Å². The van der Waals surface area contributed by atoms with Crippen LogP contribution >= 0.6 is 0 Å². The quantitative estimate of drug-likeness (QED) is 0.221. The summed E-state index contributed by atoms with van der Waals surface area (Å²) in [5, 5.41) is 6.03. The molecule has 9 nitrogen and oxygen atoms in total. The Balaban J connectivity index is 3.23. The SMILES string of the molecule is CC(C)NCCCOCCOCCOCCCNC(=O)COCC(=O)OC(C)C. The van der Waals surface area contributed by atoms with Crippen molar-refractivity contribution in [3.63, 3.8) is 0 Å². The van der Waals surface area contributed by atoms with Crippen LogP contribution in [-0.4, -0.2) is 90.0 Å². The molecular weight excluding hydrogens is 380 g/mol. The minimum absolute atomic E-state index is 0.168. The Bertz CT molecular complexity index is 406. The first kappa shape index (κ1) is 27.7. The second-order valence-corrected chi connectivity index (χ2v) is 7.03. The number of carbonyl (C=O) groups excluding carboxylic acids is 2. The van der Waals surface area contributed by atoms with Gasteiger partial charge in [0.25, 0.3) is 0 Å². The van der Waals surface area contributed by atoms with Crippen molar-refractivity contribution in [2.45, 2.75) is 52.7 Å². The molecule has 0 aliphatic heterocycles. The predicted molar refractivity (Wildman–Crippen MR) is 110 cm³/mol. The highest BCUT2D eigenvalue weighted by Gasteiger charge is 2.07. The molecule has 9 heteroatoms. The molecule has 0 fully saturated rings. The molecule has 29 heavy (non-hydrogen) atoms. The van der Waals surface area contributed by atoms with Gasteiger partial charge in [-0.15, -0.1) is 0 Å². The number of nitrogens with one attached hydrogen (secondary N) is 2. The van der Waals surface area contributed by atoms with Gasteiger partial charge in [0, 0.05) is 25.8 Å². The smallest absolute Gasteiger partial charge is 0.332 e. The highest BCUT2D eigenvalue weighted by molar-refractivity contribution is 5.77. The first-order valence-electron chi connectivity index (χ1n) is 10.4. The van der Waals surface area contributed by atoms with Crippen LogP contribution in [0.25, 0.3) is 0 Å². The van der Waals surface area contributed by atoms with Gasteiger partial charge in [0.1, 0.15) is 13.2 Å². The molecule has 2 N–H and O–H groups in total. The van der Waals surface area contributed by atoms with Crippen molar-refractivity contribution in [1.82, 2.24) is 10.6 Å². The van der Waals surface area contributed by atoms with Crippen molar-refractivity contribution in [3.8, 4) is 0 Å². The molecule has 0 aliphatic carbocycles. The highest BCUT2D eigenvalue weighted by atomic mass is 16.6. The number of hydrogen-bond acceptors (Lipinski definition) is 8. The maximum absolute atomic E-state index is 11.5. The van der Waals surface area contributed by atoms with Gasteiger partial charge in [-0.3, -0.25) is 4.79 Å². The standard InChI is InChI=1S/C20H40N2O7/c1-17(2)21-7-5-9-25-11-13-27-14-12-26-10-6-8-22-19(23)15-28-16-20(24)29-18(3)4/h17-18,21H,5-16H2,1-4H3,(H,22,23). The first-order chi connectivity index (χ1) is 13.9. The molecule has 1 amide bonds. The van der Waals surface area contributed by atoms with E-state index in [0.29, 0.717) is 52.0 Å². The van der Waals surface area contributed by atoms with Crippen LogP contribution < -0.4 is 10.6 Å². The topological polar surface area (TPSA) is 104 Å². The van der Waals surface area contributed by atoms with E-state index in [-0.39, 0.29) is 25.2 Å². The summed E-state index contributed by atoms with van der Waals surface area (Å²) in [7, 11) is 0. The van der Waals surface area contributed by atoms with Crippen LogP contribution in [-0.2, 0) is 33.3 Å². The Labute approximate surface area is 175 Å². The van der Waals surface area contributed by atoms with Crippen molar-refractivity contribution >= 4 is 11.9 Å².